The molecule has 3 nitrogen and oxygen atoms in total. The van der Waals surface area contributed by atoms with E-state index in [1.807, 2.05) is 30.3 Å². The van der Waals surface area contributed by atoms with Crippen molar-refractivity contribution in [2.45, 2.75) is 20.0 Å². The van der Waals surface area contributed by atoms with E-state index in [2.05, 4.69) is 72.9 Å². The van der Waals surface area contributed by atoms with Crippen molar-refractivity contribution in [2.75, 3.05) is 13.2 Å². The molecule has 0 aliphatic heterocycles. The maximum Gasteiger partial charge on any atom is 0.124 e. The maximum atomic E-state index is 6.12. The molecule has 0 aliphatic carbocycles. The van der Waals surface area contributed by atoms with Gasteiger partial charge in [-0.1, -0.05) is 78.4 Å². The van der Waals surface area contributed by atoms with E-state index in [9.17, 15) is 0 Å². The molecule has 3 heteroatoms. The molecule has 4 aromatic carbocycles. The second kappa shape index (κ2) is 9.95. The van der Waals surface area contributed by atoms with Gasteiger partial charge in [-0.2, -0.15) is 0 Å². The number of rotatable bonds is 9. The van der Waals surface area contributed by atoms with Gasteiger partial charge in [0.15, 0.2) is 0 Å². The van der Waals surface area contributed by atoms with Crippen molar-refractivity contribution in [1.82, 2.24) is 5.32 Å². The number of fused-ring (bicyclic) bond motifs is 1. The summed E-state index contributed by atoms with van der Waals surface area (Å²) in [6.07, 6.45) is 0. The smallest absolute Gasteiger partial charge is 0.124 e. The molecule has 0 aromatic heterocycles. The highest BCUT2D eigenvalue weighted by Crippen LogP contribution is 2.28. The predicted octanol–water partition coefficient (Wildman–Crippen LogP) is 5.90. The van der Waals surface area contributed by atoms with Gasteiger partial charge in [-0.25, -0.2) is 0 Å². The lowest BCUT2D eigenvalue weighted by atomic mass is 10.0. The van der Waals surface area contributed by atoms with Crippen LogP contribution in [-0.4, -0.2) is 13.2 Å². The maximum absolute atomic E-state index is 6.12. The normalized spacial score (nSPS) is 10.8. The third-order valence-corrected chi connectivity index (χ3v) is 5.06. The summed E-state index contributed by atoms with van der Waals surface area (Å²) in [6.45, 7) is 4.69. The number of hydrogen-bond donors (Lipinski definition) is 1. The topological polar surface area (TPSA) is 30.5 Å². The van der Waals surface area contributed by atoms with Gasteiger partial charge in [0.25, 0.3) is 0 Å². The summed E-state index contributed by atoms with van der Waals surface area (Å²) in [5, 5.41) is 6.02. The molecule has 0 heterocycles. The molecule has 0 radical (unpaired) electrons. The van der Waals surface area contributed by atoms with Crippen LogP contribution in [0, 0.1) is 6.92 Å². The van der Waals surface area contributed by atoms with Crippen LogP contribution in [0.2, 0.25) is 0 Å². The lowest BCUT2D eigenvalue weighted by Crippen LogP contribution is -2.15. The third-order valence-electron chi connectivity index (χ3n) is 5.06. The molecule has 0 atom stereocenters. The van der Waals surface area contributed by atoms with Crippen molar-refractivity contribution < 1.29 is 9.47 Å². The van der Waals surface area contributed by atoms with Gasteiger partial charge in [-0.05, 0) is 41.5 Å². The van der Waals surface area contributed by atoms with Gasteiger partial charge in [0.1, 0.15) is 24.7 Å². The van der Waals surface area contributed by atoms with Crippen LogP contribution in [0.1, 0.15) is 16.7 Å². The molecule has 0 unspecified atom stereocenters. The SMILES string of the molecule is Cc1cccc(CNCc2c(OCCOc3ccccc3)ccc3ccccc23)c1. The fourth-order valence-corrected chi connectivity index (χ4v) is 3.62. The van der Waals surface area contributed by atoms with Crippen molar-refractivity contribution in [1.29, 1.82) is 0 Å². The summed E-state index contributed by atoms with van der Waals surface area (Å²) < 4.78 is 11.9. The number of para-hydroxylation sites is 1. The van der Waals surface area contributed by atoms with Gasteiger partial charge in [-0.15, -0.1) is 0 Å². The predicted molar refractivity (Wildman–Crippen MR) is 123 cm³/mol. The van der Waals surface area contributed by atoms with E-state index in [0.29, 0.717) is 13.2 Å². The fourth-order valence-electron chi connectivity index (χ4n) is 3.62. The van der Waals surface area contributed by atoms with E-state index in [-0.39, 0.29) is 0 Å². The van der Waals surface area contributed by atoms with Crippen molar-refractivity contribution in [3.05, 3.63) is 108 Å². The molecule has 0 spiro atoms. The average Bonchev–Trinajstić information content (AvgIpc) is 2.78. The quantitative estimate of drug-likeness (QED) is 0.357. The number of ether oxygens (including phenoxy) is 2. The van der Waals surface area contributed by atoms with E-state index in [1.165, 1.54) is 27.5 Å². The zero-order valence-electron chi connectivity index (χ0n) is 17.3. The summed E-state index contributed by atoms with van der Waals surface area (Å²) in [6, 6.07) is 31.1. The summed E-state index contributed by atoms with van der Waals surface area (Å²) in [5.41, 5.74) is 3.75. The summed E-state index contributed by atoms with van der Waals surface area (Å²) >= 11 is 0. The number of aryl methyl sites for hydroxylation is 1. The van der Waals surface area contributed by atoms with Gasteiger partial charge < -0.3 is 14.8 Å². The summed E-state index contributed by atoms with van der Waals surface area (Å²) in [7, 11) is 0. The molecule has 0 fully saturated rings. The standard InChI is InChI=1S/C27H27NO2/c1-21-8-7-9-22(18-21)19-28-20-26-25-13-6-5-10-23(25)14-15-27(26)30-17-16-29-24-11-3-2-4-12-24/h2-15,18,28H,16-17,19-20H2,1H3. The highest BCUT2D eigenvalue weighted by Gasteiger charge is 2.09. The van der Waals surface area contributed by atoms with Crippen LogP contribution in [0.3, 0.4) is 0 Å². The molecule has 152 valence electrons. The Morgan fingerprint density at radius 2 is 1.50 bits per heavy atom. The lowest BCUT2D eigenvalue weighted by molar-refractivity contribution is 0.216. The second-order valence-electron chi connectivity index (χ2n) is 7.37. The Morgan fingerprint density at radius 1 is 0.700 bits per heavy atom. The van der Waals surface area contributed by atoms with Crippen LogP contribution in [0.5, 0.6) is 11.5 Å². The van der Waals surface area contributed by atoms with Crippen LogP contribution in [0.4, 0.5) is 0 Å². The van der Waals surface area contributed by atoms with Crippen molar-refractivity contribution in [3.8, 4) is 11.5 Å². The van der Waals surface area contributed by atoms with E-state index < -0.39 is 0 Å². The van der Waals surface area contributed by atoms with Crippen LogP contribution in [-0.2, 0) is 13.1 Å². The number of benzene rings is 4. The third kappa shape index (κ3) is 5.19. The largest absolute Gasteiger partial charge is 0.490 e. The Bertz CT molecular complexity index is 1090. The van der Waals surface area contributed by atoms with Crippen molar-refractivity contribution >= 4 is 10.8 Å². The minimum atomic E-state index is 0.498. The molecule has 1 N–H and O–H groups in total. The Balaban J connectivity index is 1.43. The average molecular weight is 398 g/mol. The van der Waals surface area contributed by atoms with E-state index in [1.54, 1.807) is 0 Å². The van der Waals surface area contributed by atoms with Crippen LogP contribution in [0.25, 0.3) is 10.8 Å². The molecule has 0 amide bonds. The molecule has 0 saturated carbocycles. The van der Waals surface area contributed by atoms with Gasteiger partial charge in [0, 0.05) is 18.7 Å². The highest BCUT2D eigenvalue weighted by atomic mass is 16.5. The zero-order chi connectivity index (χ0) is 20.6. The molecule has 4 aromatic rings. The van der Waals surface area contributed by atoms with Crippen LogP contribution >= 0.6 is 0 Å². The van der Waals surface area contributed by atoms with Gasteiger partial charge in [-0.3, -0.25) is 0 Å². The number of hydrogen-bond acceptors (Lipinski definition) is 3. The Hall–Kier alpha value is -3.30. The highest BCUT2D eigenvalue weighted by molar-refractivity contribution is 5.87. The fraction of sp³-hybridized carbons (Fsp3) is 0.185. The molecule has 0 bridgehead atoms. The first kappa shape index (κ1) is 20.0. The van der Waals surface area contributed by atoms with Gasteiger partial charge in [0.2, 0.25) is 0 Å². The van der Waals surface area contributed by atoms with Crippen LogP contribution in [0.15, 0.2) is 91.0 Å². The first-order valence-corrected chi connectivity index (χ1v) is 10.4. The Kier molecular flexibility index (Phi) is 6.63. The van der Waals surface area contributed by atoms with Gasteiger partial charge >= 0.3 is 0 Å². The van der Waals surface area contributed by atoms with E-state index >= 15 is 0 Å². The van der Waals surface area contributed by atoms with E-state index in [4.69, 9.17) is 9.47 Å². The Morgan fingerprint density at radius 3 is 2.37 bits per heavy atom. The lowest BCUT2D eigenvalue weighted by Gasteiger charge is -2.16. The minimum absolute atomic E-state index is 0.498. The van der Waals surface area contributed by atoms with Gasteiger partial charge in [0.05, 0.1) is 0 Å². The molecule has 4 rings (SSSR count). The summed E-state index contributed by atoms with van der Waals surface area (Å²) in [5.74, 6) is 1.77. The minimum Gasteiger partial charge on any atom is -0.490 e. The molecule has 0 aliphatic rings. The zero-order valence-corrected chi connectivity index (χ0v) is 17.3. The molecule has 0 saturated heterocycles. The molecular formula is C27H27NO2. The second-order valence-corrected chi connectivity index (χ2v) is 7.37. The first-order chi connectivity index (χ1) is 14.8. The summed E-state index contributed by atoms with van der Waals surface area (Å²) in [4.78, 5) is 0. The Labute approximate surface area is 178 Å². The monoisotopic (exact) mass is 397 g/mol. The van der Waals surface area contributed by atoms with Crippen molar-refractivity contribution in [2.24, 2.45) is 0 Å². The number of nitrogens with one attached hydrogen (secondary N) is 1. The van der Waals surface area contributed by atoms with E-state index in [0.717, 1.165) is 24.6 Å². The first-order valence-electron chi connectivity index (χ1n) is 10.4. The molecule has 30 heavy (non-hydrogen) atoms. The molecular weight excluding hydrogens is 370 g/mol. The van der Waals surface area contributed by atoms with Crippen molar-refractivity contribution in [3.63, 3.8) is 0 Å². The van der Waals surface area contributed by atoms with Crippen LogP contribution < -0.4 is 14.8 Å².